The highest BCUT2D eigenvalue weighted by atomic mass is 16.5. The van der Waals surface area contributed by atoms with Crippen LogP contribution >= 0.6 is 0 Å². The van der Waals surface area contributed by atoms with Crippen LogP contribution in [-0.2, 0) is 0 Å². The van der Waals surface area contributed by atoms with E-state index in [0.29, 0.717) is 11.4 Å². The Balaban J connectivity index is 2.19. The van der Waals surface area contributed by atoms with Gasteiger partial charge in [0.05, 0.1) is 5.60 Å². The van der Waals surface area contributed by atoms with E-state index in [0.717, 1.165) is 0 Å². The molecule has 0 aliphatic heterocycles. The van der Waals surface area contributed by atoms with E-state index in [1.807, 2.05) is 0 Å². The van der Waals surface area contributed by atoms with Crippen LogP contribution in [0.1, 0.15) is 13.8 Å². The zero-order chi connectivity index (χ0) is 11.8. The monoisotopic (exact) mass is 222 g/mol. The van der Waals surface area contributed by atoms with Gasteiger partial charge in [-0.05, 0) is 19.9 Å². The van der Waals surface area contributed by atoms with Crippen LogP contribution in [0.3, 0.4) is 0 Å². The lowest BCUT2D eigenvalue weighted by Crippen LogP contribution is -2.27. The van der Waals surface area contributed by atoms with Crippen molar-refractivity contribution < 1.29 is 9.84 Å². The highest BCUT2D eigenvalue weighted by molar-refractivity contribution is 5.46. The first-order chi connectivity index (χ1) is 7.44. The van der Waals surface area contributed by atoms with Crippen LogP contribution in [0.25, 0.3) is 5.65 Å². The van der Waals surface area contributed by atoms with Crippen molar-refractivity contribution in [2.24, 2.45) is 0 Å². The van der Waals surface area contributed by atoms with E-state index in [1.165, 1.54) is 0 Å². The summed E-state index contributed by atoms with van der Waals surface area (Å²) in [4.78, 5) is 4.01. The Bertz CT molecular complexity index is 501. The molecule has 16 heavy (non-hydrogen) atoms. The Morgan fingerprint density at radius 1 is 1.56 bits per heavy atom. The molecule has 6 heteroatoms. The number of hydrogen-bond acceptors (Lipinski definition) is 5. The first kappa shape index (κ1) is 10.7. The molecule has 2 aromatic rings. The number of rotatable bonds is 3. The van der Waals surface area contributed by atoms with Gasteiger partial charge in [-0.2, -0.15) is 4.98 Å². The van der Waals surface area contributed by atoms with Gasteiger partial charge in [0, 0.05) is 12.3 Å². The van der Waals surface area contributed by atoms with Gasteiger partial charge in [0.2, 0.25) is 5.95 Å². The number of aromatic nitrogens is 3. The lowest BCUT2D eigenvalue weighted by atomic mass is 10.2. The average Bonchev–Trinajstić information content (AvgIpc) is 2.52. The van der Waals surface area contributed by atoms with Crippen LogP contribution in [0.15, 0.2) is 18.3 Å². The van der Waals surface area contributed by atoms with Gasteiger partial charge < -0.3 is 15.6 Å². The molecule has 0 atom stereocenters. The molecule has 0 radical (unpaired) electrons. The lowest BCUT2D eigenvalue weighted by molar-refractivity contribution is 0.0285. The van der Waals surface area contributed by atoms with E-state index in [4.69, 9.17) is 10.5 Å². The fourth-order valence-electron chi connectivity index (χ4n) is 1.23. The molecule has 0 saturated carbocycles. The number of fused-ring (bicyclic) bond motifs is 1. The van der Waals surface area contributed by atoms with Crippen molar-refractivity contribution in [1.29, 1.82) is 0 Å². The molecular formula is C10H14N4O2. The minimum absolute atomic E-state index is 0.215. The third kappa shape index (κ3) is 2.40. The maximum absolute atomic E-state index is 9.52. The number of nitrogen functional groups attached to an aromatic ring is 1. The van der Waals surface area contributed by atoms with E-state index in [2.05, 4.69) is 10.1 Å². The maximum atomic E-state index is 9.52. The van der Waals surface area contributed by atoms with Gasteiger partial charge in [-0.15, -0.1) is 5.10 Å². The smallest absolute Gasteiger partial charge is 0.240 e. The van der Waals surface area contributed by atoms with E-state index in [-0.39, 0.29) is 12.6 Å². The molecule has 0 amide bonds. The number of nitrogens with two attached hydrogens (primary N) is 1. The first-order valence-electron chi connectivity index (χ1n) is 4.91. The van der Waals surface area contributed by atoms with Gasteiger partial charge >= 0.3 is 0 Å². The number of nitrogens with zero attached hydrogens (tertiary/aromatic N) is 3. The number of aliphatic hydroxyl groups is 1. The van der Waals surface area contributed by atoms with Crippen molar-refractivity contribution in [3.05, 3.63) is 18.3 Å². The number of pyridine rings is 1. The Hall–Kier alpha value is -1.82. The standard InChI is InChI=1S/C10H14N4O2/c1-10(2,15)6-16-7-3-4-14-8(5-7)12-9(11)13-14/h3-5,15H,6H2,1-2H3,(H2,11,13). The minimum atomic E-state index is -0.862. The van der Waals surface area contributed by atoms with Crippen molar-refractivity contribution in [2.75, 3.05) is 12.3 Å². The molecule has 6 nitrogen and oxygen atoms in total. The minimum Gasteiger partial charge on any atom is -0.490 e. The van der Waals surface area contributed by atoms with E-state index in [1.54, 1.807) is 36.7 Å². The third-order valence-electron chi connectivity index (χ3n) is 1.92. The highest BCUT2D eigenvalue weighted by Gasteiger charge is 2.13. The summed E-state index contributed by atoms with van der Waals surface area (Å²) in [5.74, 6) is 0.849. The predicted molar refractivity (Wildman–Crippen MR) is 59.2 cm³/mol. The lowest BCUT2D eigenvalue weighted by Gasteiger charge is -2.17. The fourth-order valence-corrected chi connectivity index (χ4v) is 1.23. The molecule has 3 N–H and O–H groups in total. The Kier molecular flexibility index (Phi) is 2.43. The molecule has 0 spiro atoms. The summed E-state index contributed by atoms with van der Waals surface area (Å²) < 4.78 is 6.98. The second-order valence-electron chi connectivity index (χ2n) is 4.24. The summed E-state index contributed by atoms with van der Waals surface area (Å²) in [5, 5.41) is 13.5. The molecule has 0 fully saturated rings. The van der Waals surface area contributed by atoms with Crippen LogP contribution in [0.2, 0.25) is 0 Å². The largest absolute Gasteiger partial charge is 0.490 e. The topological polar surface area (TPSA) is 85.7 Å². The molecule has 0 aromatic carbocycles. The van der Waals surface area contributed by atoms with Crippen molar-refractivity contribution in [3.63, 3.8) is 0 Å². The van der Waals surface area contributed by atoms with Gasteiger partial charge in [-0.25, -0.2) is 4.52 Å². The predicted octanol–water partition coefficient (Wildman–Crippen LogP) is 0.461. The van der Waals surface area contributed by atoms with Gasteiger partial charge in [0.15, 0.2) is 5.65 Å². The molecule has 86 valence electrons. The summed E-state index contributed by atoms with van der Waals surface area (Å²) in [6.45, 7) is 3.58. The second-order valence-corrected chi connectivity index (χ2v) is 4.24. The molecular weight excluding hydrogens is 208 g/mol. The van der Waals surface area contributed by atoms with Crippen molar-refractivity contribution >= 4 is 11.6 Å². The quantitative estimate of drug-likeness (QED) is 0.788. The van der Waals surface area contributed by atoms with Crippen molar-refractivity contribution in [3.8, 4) is 5.75 Å². The van der Waals surface area contributed by atoms with Crippen molar-refractivity contribution in [2.45, 2.75) is 19.4 Å². The Morgan fingerprint density at radius 2 is 2.31 bits per heavy atom. The average molecular weight is 222 g/mol. The second kappa shape index (κ2) is 3.64. The summed E-state index contributed by atoms with van der Waals surface area (Å²) in [5.41, 5.74) is 5.21. The maximum Gasteiger partial charge on any atom is 0.240 e. The number of hydrogen-bond donors (Lipinski definition) is 2. The third-order valence-corrected chi connectivity index (χ3v) is 1.92. The summed E-state index contributed by atoms with van der Waals surface area (Å²) >= 11 is 0. The molecule has 2 heterocycles. The van der Waals surface area contributed by atoms with Crippen LogP contribution < -0.4 is 10.5 Å². The summed E-state index contributed by atoms with van der Waals surface area (Å²) in [6, 6.07) is 3.46. The molecule has 2 rings (SSSR count). The number of anilines is 1. The molecule has 0 unspecified atom stereocenters. The van der Waals surface area contributed by atoms with Gasteiger partial charge in [-0.3, -0.25) is 0 Å². The zero-order valence-corrected chi connectivity index (χ0v) is 9.21. The van der Waals surface area contributed by atoms with Crippen LogP contribution in [0, 0.1) is 0 Å². The molecule has 0 bridgehead atoms. The fraction of sp³-hybridized carbons (Fsp3) is 0.400. The zero-order valence-electron chi connectivity index (χ0n) is 9.21. The van der Waals surface area contributed by atoms with Crippen LogP contribution in [-0.4, -0.2) is 31.9 Å². The first-order valence-corrected chi connectivity index (χ1v) is 4.91. The van der Waals surface area contributed by atoms with Gasteiger partial charge in [-0.1, -0.05) is 0 Å². The summed E-state index contributed by atoms with van der Waals surface area (Å²) in [7, 11) is 0. The molecule has 0 aliphatic carbocycles. The molecule has 2 aromatic heterocycles. The number of ether oxygens (including phenoxy) is 1. The van der Waals surface area contributed by atoms with Crippen molar-refractivity contribution in [1.82, 2.24) is 14.6 Å². The normalized spacial score (nSPS) is 11.9. The highest BCUT2D eigenvalue weighted by Crippen LogP contribution is 2.15. The van der Waals surface area contributed by atoms with E-state index < -0.39 is 5.60 Å². The van der Waals surface area contributed by atoms with Crippen LogP contribution in [0.4, 0.5) is 5.95 Å². The van der Waals surface area contributed by atoms with Gasteiger partial charge in [0.25, 0.3) is 0 Å². The van der Waals surface area contributed by atoms with E-state index >= 15 is 0 Å². The Labute approximate surface area is 92.7 Å². The van der Waals surface area contributed by atoms with Crippen LogP contribution in [0.5, 0.6) is 5.75 Å². The molecule has 0 saturated heterocycles. The van der Waals surface area contributed by atoms with Gasteiger partial charge in [0.1, 0.15) is 12.4 Å². The SMILES string of the molecule is CC(C)(O)COc1ccn2nc(N)nc2c1. The van der Waals surface area contributed by atoms with E-state index in [9.17, 15) is 5.11 Å². The molecule has 0 aliphatic rings. The summed E-state index contributed by atoms with van der Waals surface area (Å²) in [6.07, 6.45) is 1.71. The Morgan fingerprint density at radius 3 is 3.00 bits per heavy atom.